The molecule has 1 aliphatic rings. The number of aryl methyl sites for hydroxylation is 2. The summed E-state index contributed by atoms with van der Waals surface area (Å²) in [7, 11) is 4.08. The molecule has 1 N–H and O–H groups in total. The molecule has 0 bridgehead atoms. The lowest BCUT2D eigenvalue weighted by Crippen LogP contribution is -2.34. The monoisotopic (exact) mass is 338 g/mol. The van der Waals surface area contributed by atoms with Gasteiger partial charge in [-0.3, -0.25) is 4.79 Å². The third-order valence-electron chi connectivity index (χ3n) is 4.80. The molecule has 1 aliphatic heterocycles. The Morgan fingerprint density at radius 1 is 1.20 bits per heavy atom. The summed E-state index contributed by atoms with van der Waals surface area (Å²) in [4.78, 5) is 14.7. The number of benzene rings is 2. The van der Waals surface area contributed by atoms with Crippen molar-refractivity contribution in [1.82, 2.24) is 10.2 Å². The number of carbonyl (C=O) groups is 1. The summed E-state index contributed by atoms with van der Waals surface area (Å²) >= 11 is 0. The van der Waals surface area contributed by atoms with Crippen molar-refractivity contribution in [2.45, 2.75) is 26.3 Å². The largest absolute Gasteiger partial charge is 0.493 e. The van der Waals surface area contributed by atoms with Crippen LogP contribution in [0.25, 0.3) is 0 Å². The van der Waals surface area contributed by atoms with E-state index in [1.807, 2.05) is 52.2 Å². The highest BCUT2D eigenvalue weighted by Crippen LogP contribution is 2.29. The van der Waals surface area contributed by atoms with E-state index < -0.39 is 0 Å². The number of rotatable bonds is 5. The maximum absolute atomic E-state index is 12.6. The number of ether oxygens (including phenoxy) is 1. The lowest BCUT2D eigenvalue weighted by atomic mass is 10.0. The van der Waals surface area contributed by atoms with Gasteiger partial charge in [0.1, 0.15) is 5.75 Å². The van der Waals surface area contributed by atoms with E-state index in [0.717, 1.165) is 29.9 Å². The average molecular weight is 338 g/mol. The van der Waals surface area contributed by atoms with Crippen molar-refractivity contribution in [1.29, 1.82) is 0 Å². The van der Waals surface area contributed by atoms with E-state index in [9.17, 15) is 4.79 Å². The Morgan fingerprint density at radius 3 is 2.72 bits per heavy atom. The highest BCUT2D eigenvalue weighted by Gasteiger charge is 2.20. The van der Waals surface area contributed by atoms with Crippen molar-refractivity contribution in [2.75, 3.05) is 27.2 Å². The molecule has 4 heteroatoms. The van der Waals surface area contributed by atoms with Crippen LogP contribution in [0.15, 0.2) is 36.4 Å². The van der Waals surface area contributed by atoms with Gasteiger partial charge in [-0.1, -0.05) is 29.8 Å². The number of amides is 1. The first-order chi connectivity index (χ1) is 12.0. The second kappa shape index (κ2) is 7.28. The zero-order valence-electron chi connectivity index (χ0n) is 15.4. The topological polar surface area (TPSA) is 41.6 Å². The number of hydrogen-bond donors (Lipinski definition) is 1. The van der Waals surface area contributed by atoms with Crippen LogP contribution in [-0.2, 0) is 6.42 Å². The highest BCUT2D eigenvalue weighted by molar-refractivity contribution is 5.95. The average Bonchev–Trinajstić information content (AvgIpc) is 3.02. The normalized spacial score (nSPS) is 14.1. The molecule has 0 aliphatic carbocycles. The van der Waals surface area contributed by atoms with Gasteiger partial charge in [0.2, 0.25) is 0 Å². The van der Waals surface area contributed by atoms with E-state index in [2.05, 4.69) is 22.3 Å². The summed E-state index contributed by atoms with van der Waals surface area (Å²) in [5.41, 5.74) is 5.37. The summed E-state index contributed by atoms with van der Waals surface area (Å²) < 4.78 is 5.59. The first-order valence-corrected chi connectivity index (χ1v) is 8.73. The molecular formula is C21H26N2O2. The quantitative estimate of drug-likeness (QED) is 0.910. The number of likely N-dealkylation sites (N-methyl/N-ethyl adjacent to an activating group) is 1. The second-order valence-corrected chi connectivity index (χ2v) is 6.97. The van der Waals surface area contributed by atoms with Gasteiger partial charge < -0.3 is 15.0 Å². The van der Waals surface area contributed by atoms with Crippen LogP contribution in [0.1, 0.15) is 38.7 Å². The molecule has 0 spiro atoms. The molecule has 25 heavy (non-hydrogen) atoms. The lowest BCUT2D eigenvalue weighted by Gasteiger charge is -2.25. The van der Waals surface area contributed by atoms with Crippen molar-refractivity contribution < 1.29 is 9.53 Å². The second-order valence-electron chi connectivity index (χ2n) is 6.97. The number of nitrogens with zero attached hydrogens (tertiary/aromatic N) is 1. The van der Waals surface area contributed by atoms with Crippen LogP contribution in [-0.4, -0.2) is 38.1 Å². The summed E-state index contributed by atoms with van der Waals surface area (Å²) in [6, 6.07) is 12.4. The van der Waals surface area contributed by atoms with Gasteiger partial charge in [0.05, 0.1) is 12.6 Å². The Kier molecular flexibility index (Phi) is 5.09. The predicted octanol–water partition coefficient (Wildman–Crippen LogP) is 3.27. The van der Waals surface area contributed by atoms with Crippen LogP contribution >= 0.6 is 0 Å². The molecule has 0 fully saturated rings. The lowest BCUT2D eigenvalue weighted by molar-refractivity contribution is 0.0941. The van der Waals surface area contributed by atoms with E-state index in [0.29, 0.717) is 6.54 Å². The number of fused-ring (bicyclic) bond motifs is 1. The first kappa shape index (κ1) is 17.5. The molecule has 2 aromatic rings. The fraction of sp³-hybridized carbons (Fsp3) is 0.381. The molecule has 1 unspecified atom stereocenters. The van der Waals surface area contributed by atoms with Gasteiger partial charge in [0.25, 0.3) is 5.91 Å². The van der Waals surface area contributed by atoms with E-state index in [1.54, 1.807) is 0 Å². The van der Waals surface area contributed by atoms with Gasteiger partial charge in [-0.15, -0.1) is 0 Å². The molecule has 4 nitrogen and oxygen atoms in total. The Morgan fingerprint density at radius 2 is 2.00 bits per heavy atom. The van der Waals surface area contributed by atoms with Crippen molar-refractivity contribution in [3.8, 4) is 5.75 Å². The van der Waals surface area contributed by atoms with E-state index in [-0.39, 0.29) is 11.9 Å². The molecular weight excluding hydrogens is 312 g/mol. The molecule has 0 saturated heterocycles. The van der Waals surface area contributed by atoms with Gasteiger partial charge in [-0.2, -0.15) is 0 Å². The Balaban J connectivity index is 1.73. The molecule has 0 saturated carbocycles. The zero-order valence-corrected chi connectivity index (χ0v) is 15.4. The van der Waals surface area contributed by atoms with Gasteiger partial charge in [-0.05, 0) is 56.8 Å². The minimum atomic E-state index is -0.0196. The smallest absolute Gasteiger partial charge is 0.251 e. The van der Waals surface area contributed by atoms with Crippen LogP contribution in [0.3, 0.4) is 0 Å². The van der Waals surface area contributed by atoms with Gasteiger partial charge in [0, 0.05) is 18.5 Å². The summed E-state index contributed by atoms with van der Waals surface area (Å²) in [5, 5.41) is 3.10. The molecule has 132 valence electrons. The van der Waals surface area contributed by atoms with Gasteiger partial charge in [-0.25, -0.2) is 0 Å². The van der Waals surface area contributed by atoms with Crippen molar-refractivity contribution in [2.24, 2.45) is 0 Å². The minimum absolute atomic E-state index is 0.0196. The van der Waals surface area contributed by atoms with Crippen molar-refractivity contribution in [3.63, 3.8) is 0 Å². The maximum Gasteiger partial charge on any atom is 0.251 e. The summed E-state index contributed by atoms with van der Waals surface area (Å²) in [6.45, 7) is 5.34. The molecule has 2 aromatic carbocycles. The molecule has 3 rings (SSSR count). The van der Waals surface area contributed by atoms with Crippen molar-refractivity contribution in [3.05, 3.63) is 64.2 Å². The number of hydrogen-bond acceptors (Lipinski definition) is 3. The first-order valence-electron chi connectivity index (χ1n) is 8.73. The SMILES string of the molecule is Cc1ccc(C(=O)NCC(c2ccc3c(c2)CCO3)N(C)C)c(C)c1. The van der Waals surface area contributed by atoms with Gasteiger partial charge in [0.15, 0.2) is 0 Å². The summed E-state index contributed by atoms with van der Waals surface area (Å²) in [5.74, 6) is 0.967. The fourth-order valence-electron chi connectivity index (χ4n) is 3.37. The third kappa shape index (κ3) is 3.85. The predicted molar refractivity (Wildman–Crippen MR) is 100 cm³/mol. The zero-order chi connectivity index (χ0) is 18.0. The Bertz CT molecular complexity index is 783. The standard InChI is InChI=1S/C21H26N2O2/c1-14-5-7-18(15(2)11-14)21(24)22-13-19(23(3)4)16-6-8-20-17(12-16)9-10-25-20/h5-8,11-12,19H,9-10,13H2,1-4H3,(H,22,24). The molecule has 0 radical (unpaired) electrons. The number of nitrogens with one attached hydrogen (secondary N) is 1. The van der Waals surface area contributed by atoms with E-state index >= 15 is 0 Å². The maximum atomic E-state index is 12.6. The summed E-state index contributed by atoms with van der Waals surface area (Å²) in [6.07, 6.45) is 0.957. The van der Waals surface area contributed by atoms with E-state index in [1.165, 1.54) is 16.7 Å². The fourth-order valence-corrected chi connectivity index (χ4v) is 3.37. The van der Waals surface area contributed by atoms with Crippen LogP contribution in [0.5, 0.6) is 5.75 Å². The van der Waals surface area contributed by atoms with Crippen molar-refractivity contribution >= 4 is 5.91 Å². The number of carbonyl (C=O) groups excluding carboxylic acids is 1. The molecule has 1 amide bonds. The molecule has 1 atom stereocenters. The highest BCUT2D eigenvalue weighted by atomic mass is 16.5. The molecule has 0 aromatic heterocycles. The van der Waals surface area contributed by atoms with E-state index in [4.69, 9.17) is 4.74 Å². The van der Waals surface area contributed by atoms with Crippen LogP contribution in [0.2, 0.25) is 0 Å². The minimum Gasteiger partial charge on any atom is -0.493 e. The van der Waals surface area contributed by atoms with Crippen LogP contribution in [0.4, 0.5) is 0 Å². The third-order valence-corrected chi connectivity index (χ3v) is 4.80. The van der Waals surface area contributed by atoms with Crippen LogP contribution in [0, 0.1) is 13.8 Å². The Labute approximate surface area is 149 Å². The molecule has 1 heterocycles. The Hall–Kier alpha value is -2.33. The van der Waals surface area contributed by atoms with Crippen LogP contribution < -0.4 is 10.1 Å². The van der Waals surface area contributed by atoms with Gasteiger partial charge >= 0.3 is 0 Å².